The van der Waals surface area contributed by atoms with Gasteiger partial charge >= 0.3 is 0 Å². The number of hydrogen-bond acceptors (Lipinski definition) is 1. The van der Waals surface area contributed by atoms with E-state index < -0.39 is 5.41 Å². The molecule has 2 nitrogen and oxygen atoms in total. The smallest absolute Gasteiger partial charge is 0.0726 e. The van der Waals surface area contributed by atoms with Crippen LogP contribution < -0.4 is 4.90 Å². The number of anilines is 3. The standard InChI is InChI=1S/C59H38N2/c1-2-17-41(18-3-1)61-57-28-13-9-23-51(57)52-36-34-44(38-58(52)61)60(42-31-29-40(30-32-42)46-24-14-16-39-15-4-5-19-45(39)46)43-33-35-50-49-22-8-12-27-55(49)59(56(50)37-43)53-25-10-6-20-47(53)48-21-7-11-26-54(48)59/h1-38H. The fraction of sp³-hybridized carbons (Fsp3) is 0.0169. The van der Waals surface area contributed by atoms with E-state index >= 15 is 0 Å². The molecule has 284 valence electrons. The molecule has 10 aromatic carbocycles. The first-order valence-corrected chi connectivity index (χ1v) is 21.2. The molecule has 11 aromatic rings. The molecule has 0 saturated heterocycles. The van der Waals surface area contributed by atoms with Crippen LogP contribution in [-0.2, 0) is 5.41 Å². The number of nitrogens with zero attached hydrogens (tertiary/aromatic N) is 2. The van der Waals surface area contributed by atoms with E-state index in [2.05, 4.69) is 240 Å². The first kappa shape index (κ1) is 34.0. The van der Waals surface area contributed by atoms with Crippen LogP contribution >= 0.6 is 0 Å². The van der Waals surface area contributed by atoms with E-state index in [-0.39, 0.29) is 0 Å². The first-order chi connectivity index (χ1) is 30.3. The molecule has 0 aliphatic heterocycles. The normalized spacial score (nSPS) is 13.0. The van der Waals surface area contributed by atoms with Crippen molar-refractivity contribution in [1.29, 1.82) is 0 Å². The average molecular weight is 775 g/mol. The zero-order valence-electron chi connectivity index (χ0n) is 33.3. The monoisotopic (exact) mass is 774 g/mol. The van der Waals surface area contributed by atoms with E-state index in [4.69, 9.17) is 0 Å². The van der Waals surface area contributed by atoms with Gasteiger partial charge in [0.2, 0.25) is 0 Å². The summed E-state index contributed by atoms with van der Waals surface area (Å²) in [6.45, 7) is 0. The molecular formula is C59H38N2. The highest BCUT2D eigenvalue weighted by Crippen LogP contribution is 2.63. The number of fused-ring (bicyclic) bond motifs is 14. The van der Waals surface area contributed by atoms with Gasteiger partial charge in [0, 0.05) is 33.5 Å². The quantitative estimate of drug-likeness (QED) is 0.169. The third-order valence-electron chi connectivity index (χ3n) is 13.4. The van der Waals surface area contributed by atoms with E-state index in [1.807, 2.05) is 0 Å². The molecule has 0 bridgehead atoms. The molecule has 2 aliphatic rings. The van der Waals surface area contributed by atoms with Crippen LogP contribution in [0.2, 0.25) is 0 Å². The summed E-state index contributed by atoms with van der Waals surface area (Å²) in [6.07, 6.45) is 0. The maximum atomic E-state index is 2.49. The zero-order chi connectivity index (χ0) is 40.1. The van der Waals surface area contributed by atoms with Crippen LogP contribution in [0.25, 0.3) is 71.6 Å². The van der Waals surface area contributed by atoms with E-state index in [1.165, 1.54) is 88.2 Å². The Morgan fingerprint density at radius 2 is 0.820 bits per heavy atom. The highest BCUT2D eigenvalue weighted by molar-refractivity contribution is 6.10. The summed E-state index contributed by atoms with van der Waals surface area (Å²) in [5, 5.41) is 4.98. The number of benzene rings is 10. The molecule has 0 unspecified atom stereocenters. The van der Waals surface area contributed by atoms with Gasteiger partial charge in [0.1, 0.15) is 0 Å². The van der Waals surface area contributed by atoms with Gasteiger partial charge < -0.3 is 9.47 Å². The minimum Gasteiger partial charge on any atom is -0.310 e. The van der Waals surface area contributed by atoms with Crippen LogP contribution in [0.1, 0.15) is 22.3 Å². The first-order valence-electron chi connectivity index (χ1n) is 21.2. The molecule has 1 heterocycles. The van der Waals surface area contributed by atoms with E-state index in [0.717, 1.165) is 22.7 Å². The Kier molecular flexibility index (Phi) is 7.26. The second kappa shape index (κ2) is 13.0. The molecule has 1 aromatic heterocycles. The van der Waals surface area contributed by atoms with Gasteiger partial charge in [0.05, 0.1) is 16.4 Å². The van der Waals surface area contributed by atoms with Crippen molar-refractivity contribution in [1.82, 2.24) is 4.57 Å². The third-order valence-corrected chi connectivity index (χ3v) is 13.4. The number of hydrogen-bond donors (Lipinski definition) is 0. The maximum Gasteiger partial charge on any atom is 0.0726 e. The summed E-state index contributed by atoms with van der Waals surface area (Å²) >= 11 is 0. The lowest BCUT2D eigenvalue weighted by Crippen LogP contribution is -2.26. The average Bonchev–Trinajstić information content (AvgIpc) is 3.93. The van der Waals surface area contributed by atoms with Gasteiger partial charge in [-0.1, -0.05) is 176 Å². The molecular weight excluding hydrogens is 737 g/mol. The molecule has 0 atom stereocenters. The number of aromatic nitrogens is 1. The molecule has 13 rings (SSSR count). The van der Waals surface area contributed by atoms with Crippen molar-refractivity contribution in [3.05, 3.63) is 253 Å². The molecule has 0 radical (unpaired) electrons. The summed E-state index contributed by atoms with van der Waals surface area (Å²) in [5.41, 5.74) is 19.4. The number of rotatable bonds is 5. The van der Waals surface area contributed by atoms with Crippen molar-refractivity contribution in [2.24, 2.45) is 0 Å². The fourth-order valence-electron chi connectivity index (χ4n) is 10.9. The van der Waals surface area contributed by atoms with Gasteiger partial charge in [-0.25, -0.2) is 0 Å². The largest absolute Gasteiger partial charge is 0.310 e. The van der Waals surface area contributed by atoms with Gasteiger partial charge in [-0.15, -0.1) is 0 Å². The Morgan fingerprint density at radius 1 is 0.311 bits per heavy atom. The summed E-state index contributed by atoms with van der Waals surface area (Å²) < 4.78 is 2.41. The van der Waals surface area contributed by atoms with Crippen LogP contribution in [0.4, 0.5) is 17.1 Å². The molecule has 0 fully saturated rings. The van der Waals surface area contributed by atoms with E-state index in [0.29, 0.717) is 0 Å². The van der Waals surface area contributed by atoms with Crippen molar-refractivity contribution < 1.29 is 0 Å². The van der Waals surface area contributed by atoms with Crippen molar-refractivity contribution in [2.75, 3.05) is 4.90 Å². The van der Waals surface area contributed by atoms with Crippen LogP contribution in [0.5, 0.6) is 0 Å². The topological polar surface area (TPSA) is 8.17 Å². The SMILES string of the molecule is c1ccc(-n2c3ccccc3c3ccc(N(c4ccc(-c5cccc6ccccc56)cc4)c4ccc5c(c4)C4(c6ccccc6-c6ccccc64)c4ccccc4-5)cc32)cc1. The Bertz CT molecular complexity index is 3470. The van der Waals surface area contributed by atoms with Gasteiger partial charge in [0.25, 0.3) is 0 Å². The summed E-state index contributed by atoms with van der Waals surface area (Å²) in [4.78, 5) is 2.46. The number of para-hydroxylation sites is 2. The summed E-state index contributed by atoms with van der Waals surface area (Å²) in [6, 6.07) is 85.3. The van der Waals surface area contributed by atoms with Gasteiger partial charge in [-0.3, -0.25) is 0 Å². The van der Waals surface area contributed by atoms with Gasteiger partial charge in [-0.05, 0) is 121 Å². The van der Waals surface area contributed by atoms with Crippen LogP contribution in [-0.4, -0.2) is 4.57 Å². The summed E-state index contributed by atoms with van der Waals surface area (Å²) in [7, 11) is 0. The highest BCUT2D eigenvalue weighted by Gasteiger charge is 2.51. The molecule has 2 aliphatic carbocycles. The second-order valence-electron chi connectivity index (χ2n) is 16.4. The predicted octanol–water partition coefficient (Wildman–Crippen LogP) is 15.4. The van der Waals surface area contributed by atoms with Crippen LogP contribution in [0.15, 0.2) is 231 Å². The molecule has 0 saturated carbocycles. The zero-order valence-corrected chi connectivity index (χ0v) is 33.3. The molecule has 2 heteroatoms. The van der Waals surface area contributed by atoms with E-state index in [9.17, 15) is 0 Å². The molecule has 61 heavy (non-hydrogen) atoms. The highest BCUT2D eigenvalue weighted by atomic mass is 15.1. The third kappa shape index (κ3) is 4.79. The van der Waals surface area contributed by atoms with Crippen molar-refractivity contribution in [2.45, 2.75) is 5.41 Å². The minimum absolute atomic E-state index is 0.442. The Morgan fingerprint density at radius 3 is 1.54 bits per heavy atom. The summed E-state index contributed by atoms with van der Waals surface area (Å²) in [5.74, 6) is 0. The molecule has 0 amide bonds. The van der Waals surface area contributed by atoms with E-state index in [1.54, 1.807) is 0 Å². The van der Waals surface area contributed by atoms with Crippen LogP contribution in [0.3, 0.4) is 0 Å². The Labute approximate surface area is 354 Å². The fourth-order valence-corrected chi connectivity index (χ4v) is 10.9. The lowest BCUT2D eigenvalue weighted by atomic mass is 9.70. The van der Waals surface area contributed by atoms with Crippen molar-refractivity contribution >= 4 is 49.6 Å². The molecule has 0 N–H and O–H groups in total. The predicted molar refractivity (Wildman–Crippen MR) is 255 cm³/mol. The Hall–Kier alpha value is -7.94. The lowest BCUT2D eigenvalue weighted by Gasteiger charge is -2.32. The maximum absolute atomic E-state index is 2.49. The second-order valence-corrected chi connectivity index (χ2v) is 16.4. The minimum atomic E-state index is -0.442. The van der Waals surface area contributed by atoms with Crippen molar-refractivity contribution in [3.63, 3.8) is 0 Å². The van der Waals surface area contributed by atoms with Gasteiger partial charge in [-0.2, -0.15) is 0 Å². The Balaban J connectivity index is 1.06. The van der Waals surface area contributed by atoms with Gasteiger partial charge in [0.15, 0.2) is 0 Å². The molecule has 1 spiro atoms. The lowest BCUT2D eigenvalue weighted by molar-refractivity contribution is 0.793. The van der Waals surface area contributed by atoms with Crippen molar-refractivity contribution in [3.8, 4) is 39.1 Å². The van der Waals surface area contributed by atoms with Crippen LogP contribution in [0, 0.1) is 0 Å².